The van der Waals surface area contributed by atoms with E-state index in [1.54, 1.807) is 6.92 Å². The molecule has 0 spiro atoms. The number of carbonyl (C=O) groups excluding carboxylic acids is 3. The normalized spacial score (nSPS) is 29.8. The van der Waals surface area contributed by atoms with Gasteiger partial charge in [-0.05, 0) is 41.0 Å². The number of ketones is 2. The molecule has 0 bridgehead atoms. The zero-order chi connectivity index (χ0) is 18.3. The fraction of sp³-hybridized carbons (Fsp3) is 0.737. The van der Waals surface area contributed by atoms with E-state index in [9.17, 15) is 14.4 Å². The van der Waals surface area contributed by atoms with Crippen molar-refractivity contribution in [3.63, 3.8) is 0 Å². The van der Waals surface area contributed by atoms with Crippen molar-refractivity contribution in [1.82, 2.24) is 4.90 Å². The summed E-state index contributed by atoms with van der Waals surface area (Å²) < 4.78 is 5.42. The van der Waals surface area contributed by atoms with Gasteiger partial charge in [-0.15, -0.1) is 0 Å². The van der Waals surface area contributed by atoms with Crippen molar-refractivity contribution in [2.45, 2.75) is 66.0 Å². The van der Waals surface area contributed by atoms with E-state index in [1.165, 1.54) is 0 Å². The largest absolute Gasteiger partial charge is 0.457 e. The van der Waals surface area contributed by atoms with E-state index < -0.39 is 16.9 Å². The molecule has 2 rings (SSSR count). The second-order valence-electron chi connectivity index (χ2n) is 8.50. The lowest BCUT2D eigenvalue weighted by atomic mass is 9.80. The fourth-order valence-corrected chi connectivity index (χ4v) is 3.65. The van der Waals surface area contributed by atoms with Gasteiger partial charge in [0.1, 0.15) is 17.2 Å². The van der Waals surface area contributed by atoms with E-state index in [0.29, 0.717) is 31.5 Å². The minimum atomic E-state index is -0.579. The van der Waals surface area contributed by atoms with Gasteiger partial charge in [0, 0.05) is 36.5 Å². The first-order valence-corrected chi connectivity index (χ1v) is 8.66. The van der Waals surface area contributed by atoms with Gasteiger partial charge in [-0.1, -0.05) is 13.0 Å². The Morgan fingerprint density at radius 1 is 1.42 bits per heavy atom. The molecular formula is C19H29NO4. The smallest absolute Gasteiger partial charge is 0.335 e. The zero-order valence-corrected chi connectivity index (χ0v) is 15.6. The van der Waals surface area contributed by atoms with Crippen LogP contribution in [0.1, 0.15) is 54.4 Å². The first kappa shape index (κ1) is 18.8. The third kappa shape index (κ3) is 3.94. The topological polar surface area (TPSA) is 63.7 Å². The van der Waals surface area contributed by atoms with Crippen LogP contribution < -0.4 is 0 Å². The molecule has 2 aliphatic rings. The number of hydrogen-bond acceptors (Lipinski definition) is 5. The van der Waals surface area contributed by atoms with E-state index in [1.807, 2.05) is 33.8 Å². The van der Waals surface area contributed by atoms with Gasteiger partial charge in [-0.3, -0.25) is 14.5 Å². The number of carbonyl (C=O) groups is 3. The molecule has 1 saturated carbocycles. The van der Waals surface area contributed by atoms with Crippen molar-refractivity contribution in [3.05, 3.63) is 11.6 Å². The molecule has 0 aromatic heterocycles. The molecule has 1 aliphatic carbocycles. The molecule has 3 unspecified atom stereocenters. The Bertz CT molecular complexity index is 587. The Balaban J connectivity index is 1.94. The zero-order valence-electron chi connectivity index (χ0n) is 15.6. The lowest BCUT2D eigenvalue weighted by Gasteiger charge is -2.31. The minimum absolute atomic E-state index is 0.0451. The highest BCUT2D eigenvalue weighted by Crippen LogP contribution is 2.40. The molecule has 24 heavy (non-hydrogen) atoms. The van der Waals surface area contributed by atoms with Gasteiger partial charge in [-0.2, -0.15) is 0 Å². The number of hydrogen-bond donors (Lipinski definition) is 0. The van der Waals surface area contributed by atoms with E-state index >= 15 is 0 Å². The Morgan fingerprint density at radius 3 is 2.54 bits per heavy atom. The average Bonchev–Trinajstić information content (AvgIpc) is 2.99. The lowest BCUT2D eigenvalue weighted by Crippen LogP contribution is -2.38. The molecule has 0 aromatic carbocycles. The maximum Gasteiger partial charge on any atom is 0.335 e. The average molecular weight is 335 g/mol. The van der Waals surface area contributed by atoms with Gasteiger partial charge in [0.15, 0.2) is 0 Å². The summed E-state index contributed by atoms with van der Waals surface area (Å²) in [6, 6.07) is 0.119. The second-order valence-corrected chi connectivity index (χ2v) is 8.50. The second kappa shape index (κ2) is 6.43. The summed E-state index contributed by atoms with van der Waals surface area (Å²) in [6.45, 7) is 12.4. The quantitative estimate of drug-likeness (QED) is 0.583. The van der Waals surface area contributed by atoms with Crippen LogP contribution in [0, 0.1) is 11.3 Å². The Morgan fingerprint density at radius 2 is 2.04 bits per heavy atom. The highest BCUT2D eigenvalue weighted by Gasteiger charge is 2.48. The molecule has 3 atom stereocenters. The minimum Gasteiger partial charge on any atom is -0.457 e. The monoisotopic (exact) mass is 335 g/mol. The van der Waals surface area contributed by atoms with Crippen LogP contribution in [0.3, 0.4) is 0 Å². The van der Waals surface area contributed by atoms with Gasteiger partial charge < -0.3 is 4.74 Å². The van der Waals surface area contributed by atoms with Gasteiger partial charge >= 0.3 is 5.97 Å². The van der Waals surface area contributed by atoms with Crippen LogP contribution in [0.5, 0.6) is 0 Å². The number of nitrogens with zero attached hydrogens (tertiary/aromatic N) is 1. The predicted octanol–water partition coefficient (Wildman–Crippen LogP) is 2.53. The molecule has 1 aliphatic heterocycles. The maximum atomic E-state index is 12.4. The number of rotatable bonds is 4. The molecule has 134 valence electrons. The maximum absolute atomic E-state index is 12.4. The highest BCUT2D eigenvalue weighted by molar-refractivity contribution is 6.11. The van der Waals surface area contributed by atoms with Gasteiger partial charge in [0.05, 0.1) is 5.92 Å². The van der Waals surface area contributed by atoms with Gasteiger partial charge in [-0.25, -0.2) is 4.79 Å². The molecule has 0 aromatic rings. The molecule has 5 nitrogen and oxygen atoms in total. The van der Waals surface area contributed by atoms with Crippen molar-refractivity contribution < 1.29 is 19.1 Å². The molecule has 0 saturated heterocycles. The number of esters is 1. The summed E-state index contributed by atoms with van der Waals surface area (Å²) in [5.41, 5.74) is -0.411. The molecule has 5 heteroatoms. The van der Waals surface area contributed by atoms with Crippen molar-refractivity contribution >= 4 is 17.5 Å². The van der Waals surface area contributed by atoms with Crippen molar-refractivity contribution in [1.29, 1.82) is 0 Å². The van der Waals surface area contributed by atoms with E-state index in [-0.39, 0.29) is 23.6 Å². The van der Waals surface area contributed by atoms with Crippen LogP contribution in [-0.2, 0) is 19.1 Å². The number of Topliss-reactive ketones (excluding diaryl/α,β-unsaturated/α-hetero) is 2. The van der Waals surface area contributed by atoms with E-state index in [2.05, 4.69) is 11.8 Å². The standard InChI is InChI=1S/C19H29NO4/c1-12(9-19(6)10-15(21)13(2)16(19)22)20-8-7-14(11-20)17(23)24-18(3,4)5/h7,12-13H,8-11H2,1-6H3. The van der Waals surface area contributed by atoms with E-state index in [4.69, 9.17) is 4.74 Å². The SMILES string of the molecule is CC1C(=O)CC(C)(CC(C)N2CC=C(C(=O)OC(C)(C)C)C2)C1=O. The van der Waals surface area contributed by atoms with Crippen molar-refractivity contribution in [3.8, 4) is 0 Å². The molecule has 0 N–H and O–H groups in total. The Hall–Kier alpha value is -1.49. The summed E-state index contributed by atoms with van der Waals surface area (Å²) >= 11 is 0. The first-order valence-electron chi connectivity index (χ1n) is 8.66. The van der Waals surface area contributed by atoms with Crippen molar-refractivity contribution in [2.24, 2.45) is 11.3 Å². The molecular weight excluding hydrogens is 306 g/mol. The Labute approximate surface area is 144 Å². The van der Waals surface area contributed by atoms with Crippen molar-refractivity contribution in [2.75, 3.05) is 13.1 Å². The van der Waals surface area contributed by atoms with Crippen LogP contribution in [0.25, 0.3) is 0 Å². The van der Waals surface area contributed by atoms with Crippen LogP contribution in [0.4, 0.5) is 0 Å². The third-order valence-corrected chi connectivity index (χ3v) is 5.01. The van der Waals surface area contributed by atoms with Crippen LogP contribution in [0.2, 0.25) is 0 Å². The summed E-state index contributed by atoms with van der Waals surface area (Å²) in [4.78, 5) is 38.6. The molecule has 0 amide bonds. The summed E-state index contributed by atoms with van der Waals surface area (Å²) in [5.74, 6) is -0.650. The van der Waals surface area contributed by atoms with Gasteiger partial charge in [0.2, 0.25) is 0 Å². The summed E-state index contributed by atoms with van der Waals surface area (Å²) in [5, 5.41) is 0. The summed E-state index contributed by atoms with van der Waals surface area (Å²) in [6.07, 6.45) is 2.87. The van der Waals surface area contributed by atoms with Crippen LogP contribution >= 0.6 is 0 Å². The Kier molecular flexibility index (Phi) is 5.05. The van der Waals surface area contributed by atoms with Gasteiger partial charge in [0.25, 0.3) is 0 Å². The van der Waals surface area contributed by atoms with E-state index in [0.717, 1.165) is 0 Å². The summed E-state index contributed by atoms with van der Waals surface area (Å²) in [7, 11) is 0. The lowest BCUT2D eigenvalue weighted by molar-refractivity contribution is -0.150. The first-order chi connectivity index (χ1) is 10.9. The fourth-order valence-electron chi connectivity index (χ4n) is 3.65. The third-order valence-electron chi connectivity index (χ3n) is 5.01. The molecule has 1 fully saturated rings. The highest BCUT2D eigenvalue weighted by atomic mass is 16.6. The predicted molar refractivity (Wildman–Crippen MR) is 91.5 cm³/mol. The molecule has 1 heterocycles. The van der Waals surface area contributed by atoms with Crippen LogP contribution in [0.15, 0.2) is 11.6 Å². The number of ether oxygens (including phenoxy) is 1. The molecule has 0 radical (unpaired) electrons. The van der Waals surface area contributed by atoms with Crippen LogP contribution in [-0.4, -0.2) is 47.2 Å².